The zero-order valence-electron chi connectivity index (χ0n) is 11.5. The summed E-state index contributed by atoms with van der Waals surface area (Å²) in [4.78, 5) is 22.4. The molecule has 0 aliphatic carbocycles. The molecule has 112 valence electrons. The van der Waals surface area contributed by atoms with Crippen molar-refractivity contribution < 1.29 is 14.7 Å². The predicted molar refractivity (Wildman–Crippen MR) is 80.8 cm³/mol. The van der Waals surface area contributed by atoms with Gasteiger partial charge >= 0.3 is 0 Å². The number of aliphatic hydroxyl groups excluding tert-OH is 1. The molecule has 1 aromatic rings. The van der Waals surface area contributed by atoms with Gasteiger partial charge in [-0.1, -0.05) is 23.4 Å². The fourth-order valence-electron chi connectivity index (χ4n) is 1.54. The first-order valence-electron chi connectivity index (χ1n) is 6.50. The minimum Gasteiger partial charge on any atom is -0.395 e. The number of hydrogen-bond acceptors (Lipinski definition) is 3. The third-order valence-electron chi connectivity index (χ3n) is 2.58. The van der Waals surface area contributed by atoms with E-state index in [9.17, 15) is 9.59 Å². The quantitative estimate of drug-likeness (QED) is 0.542. The molecule has 0 bridgehead atoms. The van der Waals surface area contributed by atoms with Crippen molar-refractivity contribution in [1.82, 2.24) is 5.32 Å². The van der Waals surface area contributed by atoms with E-state index in [0.717, 1.165) is 0 Å². The fraction of sp³-hybridized carbons (Fsp3) is 0.333. The molecule has 21 heavy (non-hydrogen) atoms. The van der Waals surface area contributed by atoms with Crippen molar-refractivity contribution in [2.45, 2.75) is 19.3 Å². The van der Waals surface area contributed by atoms with Crippen molar-refractivity contribution >= 4 is 23.4 Å². The van der Waals surface area contributed by atoms with Crippen LogP contribution in [0.3, 0.4) is 0 Å². The lowest BCUT2D eigenvalue weighted by molar-refractivity contribution is -0.118. The number of amides is 2. The molecule has 0 unspecified atom stereocenters. The van der Waals surface area contributed by atoms with E-state index in [1.165, 1.54) is 6.07 Å². The molecule has 0 spiro atoms. The highest BCUT2D eigenvalue weighted by Gasteiger charge is 2.07. The summed E-state index contributed by atoms with van der Waals surface area (Å²) in [5.41, 5.74) is 6.04. The van der Waals surface area contributed by atoms with Crippen LogP contribution in [-0.4, -0.2) is 30.1 Å². The Morgan fingerprint density at radius 3 is 2.76 bits per heavy atom. The summed E-state index contributed by atoms with van der Waals surface area (Å²) in [5, 5.41) is 11.7. The second kappa shape index (κ2) is 9.01. The predicted octanol–water partition coefficient (Wildman–Crippen LogP) is 1.07. The molecule has 0 fully saturated rings. The van der Waals surface area contributed by atoms with Gasteiger partial charge < -0.3 is 16.2 Å². The number of halogens is 1. The molecular weight excluding hydrogens is 292 g/mol. The van der Waals surface area contributed by atoms with E-state index in [0.29, 0.717) is 35.5 Å². The molecule has 0 atom stereocenters. The van der Waals surface area contributed by atoms with Crippen LogP contribution in [-0.2, 0) is 4.79 Å². The van der Waals surface area contributed by atoms with Gasteiger partial charge in [0.2, 0.25) is 5.91 Å². The molecule has 0 aliphatic heterocycles. The number of primary amides is 1. The topological polar surface area (TPSA) is 92.4 Å². The number of nitrogens with two attached hydrogens (primary N) is 1. The Balaban J connectivity index is 2.60. The number of rotatable bonds is 6. The highest BCUT2D eigenvalue weighted by molar-refractivity contribution is 6.32. The number of aliphatic hydroxyl groups is 1. The Labute approximate surface area is 128 Å². The van der Waals surface area contributed by atoms with Gasteiger partial charge in [-0.05, 0) is 24.6 Å². The van der Waals surface area contributed by atoms with Gasteiger partial charge in [0.15, 0.2) is 0 Å². The molecule has 1 rings (SSSR count). The summed E-state index contributed by atoms with van der Waals surface area (Å²) in [6.07, 6.45) is 1.11. The first-order valence-corrected chi connectivity index (χ1v) is 6.88. The van der Waals surface area contributed by atoms with Crippen molar-refractivity contribution in [2.75, 3.05) is 13.2 Å². The van der Waals surface area contributed by atoms with Gasteiger partial charge in [-0.15, -0.1) is 0 Å². The van der Waals surface area contributed by atoms with E-state index in [2.05, 4.69) is 17.2 Å². The Kier molecular flexibility index (Phi) is 7.30. The van der Waals surface area contributed by atoms with Crippen molar-refractivity contribution in [1.29, 1.82) is 0 Å². The van der Waals surface area contributed by atoms with Crippen LogP contribution in [0.25, 0.3) is 0 Å². The van der Waals surface area contributed by atoms with E-state index in [4.69, 9.17) is 22.4 Å². The highest BCUT2D eigenvalue weighted by Crippen LogP contribution is 2.17. The van der Waals surface area contributed by atoms with E-state index in [-0.39, 0.29) is 18.9 Å². The van der Waals surface area contributed by atoms with Crippen LogP contribution < -0.4 is 11.1 Å². The summed E-state index contributed by atoms with van der Waals surface area (Å²) in [6, 6.07) is 4.82. The molecule has 0 saturated carbocycles. The third-order valence-corrected chi connectivity index (χ3v) is 2.89. The number of carbonyl (C=O) groups is 2. The van der Waals surface area contributed by atoms with Crippen LogP contribution in [0.2, 0.25) is 5.02 Å². The molecule has 0 heterocycles. The van der Waals surface area contributed by atoms with Crippen molar-refractivity contribution in [3.8, 4) is 11.8 Å². The van der Waals surface area contributed by atoms with Crippen LogP contribution in [0.1, 0.15) is 35.2 Å². The third kappa shape index (κ3) is 6.30. The van der Waals surface area contributed by atoms with Crippen LogP contribution >= 0.6 is 11.6 Å². The van der Waals surface area contributed by atoms with Crippen LogP contribution in [0.15, 0.2) is 18.2 Å². The maximum Gasteiger partial charge on any atom is 0.251 e. The lowest BCUT2D eigenvalue weighted by Crippen LogP contribution is -2.25. The fourth-order valence-corrected chi connectivity index (χ4v) is 1.77. The average molecular weight is 309 g/mol. The molecule has 1 aromatic carbocycles. The van der Waals surface area contributed by atoms with E-state index in [1.807, 2.05) is 0 Å². The van der Waals surface area contributed by atoms with Crippen molar-refractivity contribution in [2.24, 2.45) is 5.73 Å². The number of hydrogen-bond donors (Lipinski definition) is 3. The SMILES string of the molecule is NC(=O)CCCNC(=O)c1ccc(C#CCCO)c(Cl)c1. The molecule has 4 N–H and O–H groups in total. The highest BCUT2D eigenvalue weighted by atomic mass is 35.5. The zero-order chi connectivity index (χ0) is 15.7. The normalized spacial score (nSPS) is 9.62. The average Bonchev–Trinajstić information content (AvgIpc) is 2.45. The monoisotopic (exact) mass is 308 g/mol. The van der Waals surface area contributed by atoms with Crippen molar-refractivity contribution in [3.63, 3.8) is 0 Å². The first kappa shape index (κ1) is 17.0. The van der Waals surface area contributed by atoms with Crippen LogP contribution in [0.5, 0.6) is 0 Å². The molecule has 5 nitrogen and oxygen atoms in total. The summed E-state index contributed by atoms with van der Waals surface area (Å²) < 4.78 is 0. The van der Waals surface area contributed by atoms with Gasteiger partial charge in [-0.3, -0.25) is 9.59 Å². The largest absolute Gasteiger partial charge is 0.395 e. The van der Waals surface area contributed by atoms with E-state index < -0.39 is 5.91 Å². The van der Waals surface area contributed by atoms with E-state index in [1.54, 1.807) is 12.1 Å². The first-order chi connectivity index (χ1) is 10.0. The minimum atomic E-state index is -0.391. The van der Waals surface area contributed by atoms with Gasteiger partial charge in [0.05, 0.1) is 11.6 Å². The molecule has 2 amide bonds. The second-order valence-corrected chi connectivity index (χ2v) is 4.70. The maximum atomic E-state index is 11.9. The summed E-state index contributed by atoms with van der Waals surface area (Å²) in [6.45, 7) is 0.369. The Bertz CT molecular complexity index is 576. The lowest BCUT2D eigenvalue weighted by atomic mass is 10.1. The zero-order valence-corrected chi connectivity index (χ0v) is 12.2. The molecule has 0 aliphatic rings. The number of carbonyl (C=O) groups excluding carboxylic acids is 2. The Morgan fingerprint density at radius 1 is 1.38 bits per heavy atom. The molecular formula is C15H17ClN2O3. The molecule has 0 saturated heterocycles. The van der Waals surface area contributed by atoms with Gasteiger partial charge in [-0.2, -0.15) is 0 Å². The summed E-state index contributed by atoms with van der Waals surface area (Å²) >= 11 is 6.05. The maximum absolute atomic E-state index is 11.9. The van der Waals surface area contributed by atoms with Gasteiger partial charge in [0.1, 0.15) is 0 Å². The lowest BCUT2D eigenvalue weighted by Gasteiger charge is -2.05. The number of benzene rings is 1. The van der Waals surface area contributed by atoms with Gasteiger partial charge in [-0.25, -0.2) is 0 Å². The summed E-state index contributed by atoms with van der Waals surface area (Å²) in [5.74, 6) is 4.93. The summed E-state index contributed by atoms with van der Waals surface area (Å²) in [7, 11) is 0. The smallest absolute Gasteiger partial charge is 0.251 e. The molecule has 6 heteroatoms. The Morgan fingerprint density at radius 2 is 2.14 bits per heavy atom. The van der Waals surface area contributed by atoms with Gasteiger partial charge in [0.25, 0.3) is 5.91 Å². The Hall–Kier alpha value is -2.03. The molecule has 0 aromatic heterocycles. The number of nitrogens with one attached hydrogen (secondary N) is 1. The molecule has 0 radical (unpaired) electrons. The van der Waals surface area contributed by atoms with Crippen LogP contribution in [0, 0.1) is 11.8 Å². The van der Waals surface area contributed by atoms with Crippen molar-refractivity contribution in [3.05, 3.63) is 34.3 Å². The second-order valence-electron chi connectivity index (χ2n) is 4.30. The van der Waals surface area contributed by atoms with Crippen LogP contribution in [0.4, 0.5) is 0 Å². The minimum absolute atomic E-state index is 0.00356. The standard InChI is InChI=1S/C15H17ClN2O3/c16-13-10-12(7-6-11(13)4-1-2-9-19)15(21)18-8-3-5-14(17)20/h6-7,10,19H,2-3,5,8-9H2,(H2,17,20)(H,18,21). The van der Waals surface area contributed by atoms with Gasteiger partial charge in [0, 0.05) is 30.5 Å². The van der Waals surface area contributed by atoms with E-state index >= 15 is 0 Å².